The van der Waals surface area contributed by atoms with Crippen LogP contribution in [0.3, 0.4) is 0 Å². The predicted octanol–water partition coefficient (Wildman–Crippen LogP) is 1.72. The van der Waals surface area contributed by atoms with Crippen LogP contribution in [0.15, 0.2) is 30.0 Å². The molecule has 0 radical (unpaired) electrons. The van der Waals surface area contributed by atoms with Crippen LogP contribution in [0.1, 0.15) is 22.8 Å². The van der Waals surface area contributed by atoms with E-state index in [2.05, 4.69) is 0 Å². The molecule has 4 heteroatoms. The number of carboxylic acid groups (broad SMARTS) is 1. The zero-order chi connectivity index (χ0) is 11.7. The highest BCUT2D eigenvalue weighted by Gasteiger charge is 2.28. The summed E-state index contributed by atoms with van der Waals surface area (Å²) in [6.45, 7) is 1.26. The summed E-state index contributed by atoms with van der Waals surface area (Å²) in [7, 11) is 0. The van der Waals surface area contributed by atoms with Crippen molar-refractivity contribution in [3.63, 3.8) is 0 Å². The molecule has 82 valence electrons. The number of allylic oxidation sites excluding steroid dienone is 2. The first-order chi connectivity index (χ1) is 7.61. The van der Waals surface area contributed by atoms with Crippen LogP contribution in [0.2, 0.25) is 0 Å². The third-order valence-corrected chi connectivity index (χ3v) is 2.46. The summed E-state index contributed by atoms with van der Waals surface area (Å²) < 4.78 is 5.00. The van der Waals surface area contributed by atoms with Crippen LogP contribution in [-0.2, 0) is 9.53 Å². The molecule has 1 aromatic carbocycles. The molecule has 0 spiro atoms. The van der Waals surface area contributed by atoms with E-state index >= 15 is 0 Å². The third kappa shape index (κ3) is 1.58. The molecule has 1 aliphatic rings. The zero-order valence-corrected chi connectivity index (χ0v) is 8.69. The molecule has 0 unspecified atom stereocenters. The lowest BCUT2D eigenvalue weighted by atomic mass is 10.1. The van der Waals surface area contributed by atoms with Crippen LogP contribution in [0.4, 0.5) is 0 Å². The first-order valence-corrected chi connectivity index (χ1v) is 4.81. The molecule has 0 heterocycles. The van der Waals surface area contributed by atoms with Crippen molar-refractivity contribution in [3.05, 3.63) is 41.2 Å². The molecule has 1 N–H and O–H groups in total. The van der Waals surface area contributed by atoms with Gasteiger partial charge in [-0.2, -0.15) is 0 Å². The van der Waals surface area contributed by atoms with E-state index < -0.39 is 12.6 Å². The fraction of sp³-hybridized carbons (Fsp3) is 0.167. The van der Waals surface area contributed by atoms with Gasteiger partial charge in [0.05, 0.1) is 0 Å². The van der Waals surface area contributed by atoms with Gasteiger partial charge in [0.25, 0.3) is 0 Å². The van der Waals surface area contributed by atoms with E-state index in [9.17, 15) is 9.59 Å². The van der Waals surface area contributed by atoms with Gasteiger partial charge in [0.2, 0.25) is 5.78 Å². The third-order valence-electron chi connectivity index (χ3n) is 2.46. The first kappa shape index (κ1) is 10.4. The maximum atomic E-state index is 11.8. The number of fused-ring (bicyclic) bond motifs is 1. The lowest BCUT2D eigenvalue weighted by molar-refractivity contribution is -0.140. The highest BCUT2D eigenvalue weighted by Crippen LogP contribution is 2.32. The number of aliphatic carboxylic acids is 1. The van der Waals surface area contributed by atoms with Crippen molar-refractivity contribution in [3.8, 4) is 0 Å². The van der Waals surface area contributed by atoms with Gasteiger partial charge in [0, 0.05) is 11.1 Å². The molecule has 0 saturated heterocycles. The van der Waals surface area contributed by atoms with Crippen LogP contribution in [-0.4, -0.2) is 23.5 Å². The number of hydrogen-bond acceptors (Lipinski definition) is 3. The smallest absolute Gasteiger partial charge is 0.341 e. The number of carbonyl (C=O) groups is 2. The quantitative estimate of drug-likeness (QED) is 0.838. The van der Waals surface area contributed by atoms with Gasteiger partial charge in [0.15, 0.2) is 12.4 Å². The molecule has 0 bridgehead atoms. The number of ether oxygens (including phenoxy) is 1. The SMILES string of the molecule is CC1=C(OCC(=O)O)C(=O)c2ccccc21. The Morgan fingerprint density at radius 1 is 1.31 bits per heavy atom. The summed E-state index contributed by atoms with van der Waals surface area (Å²) in [6, 6.07) is 7.12. The number of rotatable bonds is 3. The van der Waals surface area contributed by atoms with Crippen molar-refractivity contribution < 1.29 is 19.4 Å². The second-order valence-corrected chi connectivity index (χ2v) is 3.51. The van der Waals surface area contributed by atoms with E-state index in [1.807, 2.05) is 12.1 Å². The van der Waals surface area contributed by atoms with Gasteiger partial charge in [-0.1, -0.05) is 24.3 Å². The number of carboxylic acids is 1. The van der Waals surface area contributed by atoms with Crippen molar-refractivity contribution in [1.82, 2.24) is 0 Å². The van der Waals surface area contributed by atoms with Gasteiger partial charge >= 0.3 is 5.97 Å². The van der Waals surface area contributed by atoms with Crippen LogP contribution in [0.25, 0.3) is 5.57 Å². The molecule has 0 amide bonds. The van der Waals surface area contributed by atoms with E-state index in [4.69, 9.17) is 9.84 Å². The Bertz CT molecular complexity index is 499. The molecule has 0 saturated carbocycles. The molecule has 4 nitrogen and oxygen atoms in total. The Labute approximate surface area is 92.2 Å². The number of benzene rings is 1. The van der Waals surface area contributed by atoms with Gasteiger partial charge in [-0.15, -0.1) is 0 Å². The summed E-state index contributed by atoms with van der Waals surface area (Å²) in [5.41, 5.74) is 2.08. The Morgan fingerprint density at radius 2 is 1.94 bits per heavy atom. The molecule has 1 aliphatic carbocycles. The van der Waals surface area contributed by atoms with Crippen LogP contribution >= 0.6 is 0 Å². The summed E-state index contributed by atoms with van der Waals surface area (Å²) in [6.07, 6.45) is 0. The molecule has 0 aliphatic heterocycles. The van der Waals surface area contributed by atoms with Gasteiger partial charge in [-0.3, -0.25) is 4.79 Å². The summed E-state index contributed by atoms with van der Waals surface area (Å²) in [4.78, 5) is 22.2. The highest BCUT2D eigenvalue weighted by atomic mass is 16.5. The summed E-state index contributed by atoms with van der Waals surface area (Å²) in [5.74, 6) is -1.19. The van der Waals surface area contributed by atoms with Gasteiger partial charge in [-0.25, -0.2) is 4.79 Å². The standard InChI is InChI=1S/C12H10O4/c1-7-8-4-2-3-5-9(8)11(15)12(7)16-6-10(13)14/h2-5H,6H2,1H3,(H,13,14). The van der Waals surface area contributed by atoms with Crippen molar-refractivity contribution in [2.75, 3.05) is 6.61 Å². The van der Waals surface area contributed by atoms with Crippen LogP contribution < -0.4 is 0 Å². The lowest BCUT2D eigenvalue weighted by Crippen LogP contribution is -2.10. The molecular formula is C12H10O4. The van der Waals surface area contributed by atoms with Crippen molar-refractivity contribution in [2.45, 2.75) is 6.92 Å². The monoisotopic (exact) mass is 218 g/mol. The molecule has 0 fully saturated rings. The molecule has 0 atom stereocenters. The Morgan fingerprint density at radius 3 is 2.50 bits per heavy atom. The second kappa shape index (κ2) is 3.81. The first-order valence-electron chi connectivity index (χ1n) is 4.81. The average molecular weight is 218 g/mol. The molecule has 1 aromatic rings. The largest absolute Gasteiger partial charge is 0.479 e. The predicted molar refractivity (Wildman–Crippen MR) is 57.0 cm³/mol. The minimum absolute atomic E-state index is 0.142. The maximum Gasteiger partial charge on any atom is 0.341 e. The zero-order valence-electron chi connectivity index (χ0n) is 8.69. The second-order valence-electron chi connectivity index (χ2n) is 3.51. The summed E-state index contributed by atoms with van der Waals surface area (Å²) >= 11 is 0. The van der Waals surface area contributed by atoms with Crippen molar-refractivity contribution >= 4 is 17.3 Å². The fourth-order valence-electron chi connectivity index (χ4n) is 1.73. The van der Waals surface area contributed by atoms with E-state index in [1.54, 1.807) is 19.1 Å². The number of ketones is 1. The molecule has 2 rings (SSSR count). The van der Waals surface area contributed by atoms with Gasteiger partial charge < -0.3 is 9.84 Å². The fourth-order valence-corrected chi connectivity index (χ4v) is 1.73. The molecule has 16 heavy (non-hydrogen) atoms. The minimum atomic E-state index is -1.09. The van der Waals surface area contributed by atoms with Gasteiger partial charge in [-0.05, 0) is 12.5 Å². The lowest BCUT2D eigenvalue weighted by Gasteiger charge is -2.03. The normalized spacial score (nSPS) is 13.9. The Kier molecular flexibility index (Phi) is 2.48. The topological polar surface area (TPSA) is 63.6 Å². The number of carbonyl (C=O) groups excluding carboxylic acids is 1. The number of hydrogen-bond donors (Lipinski definition) is 1. The van der Waals surface area contributed by atoms with E-state index in [0.717, 1.165) is 5.56 Å². The minimum Gasteiger partial charge on any atom is -0.479 e. The molecular weight excluding hydrogens is 208 g/mol. The van der Waals surface area contributed by atoms with E-state index in [0.29, 0.717) is 11.1 Å². The summed E-state index contributed by atoms with van der Waals surface area (Å²) in [5, 5.41) is 8.50. The highest BCUT2D eigenvalue weighted by molar-refractivity contribution is 6.19. The molecule has 0 aromatic heterocycles. The number of Topliss-reactive ketones (excluding diaryl/α,β-unsaturated/α-hetero) is 1. The average Bonchev–Trinajstić information content (AvgIpc) is 2.50. The van der Waals surface area contributed by atoms with Crippen molar-refractivity contribution in [1.29, 1.82) is 0 Å². The Balaban J connectivity index is 2.33. The van der Waals surface area contributed by atoms with E-state index in [-0.39, 0.29) is 11.5 Å². The maximum absolute atomic E-state index is 11.8. The van der Waals surface area contributed by atoms with Gasteiger partial charge in [0.1, 0.15) is 0 Å². The Hall–Kier alpha value is -2.10. The van der Waals surface area contributed by atoms with Crippen LogP contribution in [0.5, 0.6) is 0 Å². The van der Waals surface area contributed by atoms with Crippen molar-refractivity contribution in [2.24, 2.45) is 0 Å². The van der Waals surface area contributed by atoms with E-state index in [1.165, 1.54) is 0 Å². The van der Waals surface area contributed by atoms with Crippen LogP contribution in [0, 0.1) is 0 Å².